The number of amides is 1. The summed E-state index contributed by atoms with van der Waals surface area (Å²) in [5.41, 5.74) is 4.74. The molecular formula is C24H24N6O2S. The van der Waals surface area contributed by atoms with Crippen molar-refractivity contribution >= 4 is 28.6 Å². The van der Waals surface area contributed by atoms with Gasteiger partial charge in [0.2, 0.25) is 11.1 Å². The van der Waals surface area contributed by atoms with E-state index in [-0.39, 0.29) is 11.7 Å². The van der Waals surface area contributed by atoms with E-state index in [1.54, 1.807) is 4.90 Å². The highest BCUT2D eigenvalue weighted by Gasteiger charge is 2.20. The zero-order valence-electron chi connectivity index (χ0n) is 18.3. The number of thioether (sulfide) groups is 1. The number of carbonyl (C=O) groups excluding carboxylic acids is 1. The quantitative estimate of drug-likeness (QED) is 0.361. The molecule has 0 atom stereocenters. The largest absolute Gasteiger partial charge is 0.378 e. The maximum Gasteiger partial charge on any atom is 0.233 e. The monoisotopic (exact) mass is 460 g/mol. The van der Waals surface area contributed by atoms with Crippen molar-refractivity contribution in [1.82, 2.24) is 24.8 Å². The van der Waals surface area contributed by atoms with Gasteiger partial charge in [-0.2, -0.15) is 0 Å². The molecule has 0 spiro atoms. The second kappa shape index (κ2) is 9.21. The highest BCUT2D eigenvalue weighted by Crippen LogP contribution is 2.32. The van der Waals surface area contributed by atoms with Gasteiger partial charge in [0.15, 0.2) is 5.82 Å². The van der Waals surface area contributed by atoms with Crippen molar-refractivity contribution in [2.45, 2.75) is 12.1 Å². The average Bonchev–Trinajstić information content (AvgIpc) is 3.22. The van der Waals surface area contributed by atoms with E-state index in [0.29, 0.717) is 37.3 Å². The molecular weight excluding hydrogens is 436 g/mol. The molecule has 0 radical (unpaired) electrons. The van der Waals surface area contributed by atoms with Crippen LogP contribution in [0.25, 0.3) is 33.5 Å². The predicted molar refractivity (Wildman–Crippen MR) is 129 cm³/mol. The summed E-state index contributed by atoms with van der Waals surface area (Å²) < 4.78 is 6.77. The zero-order valence-corrected chi connectivity index (χ0v) is 19.1. The van der Waals surface area contributed by atoms with Gasteiger partial charge in [-0.05, 0) is 19.1 Å². The van der Waals surface area contributed by atoms with Gasteiger partial charge >= 0.3 is 0 Å². The van der Waals surface area contributed by atoms with Gasteiger partial charge in [0.05, 0.1) is 30.2 Å². The lowest BCUT2D eigenvalue weighted by Gasteiger charge is -2.26. The standard InChI is InChI=1S/C24H24N6O2S/c1-16-6-8-17(9-7-16)21-14-19(18-4-2-3-5-20(18)26-21)23-27-28-24(30(23)25)33-15-22(31)29-10-12-32-13-11-29/h2-9,14H,10-13,15,25H2,1H3. The van der Waals surface area contributed by atoms with E-state index in [1.807, 2.05) is 30.3 Å². The molecule has 8 nitrogen and oxygen atoms in total. The molecule has 0 bridgehead atoms. The van der Waals surface area contributed by atoms with Crippen molar-refractivity contribution in [2.75, 3.05) is 37.9 Å². The van der Waals surface area contributed by atoms with E-state index in [0.717, 1.165) is 27.7 Å². The number of hydrogen-bond donors (Lipinski definition) is 1. The van der Waals surface area contributed by atoms with Gasteiger partial charge in [0, 0.05) is 29.6 Å². The fourth-order valence-electron chi connectivity index (χ4n) is 3.82. The molecule has 0 aliphatic carbocycles. The summed E-state index contributed by atoms with van der Waals surface area (Å²) in [6, 6.07) is 18.1. The van der Waals surface area contributed by atoms with Crippen LogP contribution in [0.4, 0.5) is 0 Å². The molecule has 9 heteroatoms. The summed E-state index contributed by atoms with van der Waals surface area (Å²) in [6.45, 7) is 4.44. The first kappa shape index (κ1) is 21.4. The number of aromatic nitrogens is 4. The van der Waals surface area contributed by atoms with Crippen LogP contribution in [0.2, 0.25) is 0 Å². The first-order chi connectivity index (χ1) is 16.1. The van der Waals surface area contributed by atoms with E-state index in [4.69, 9.17) is 15.6 Å². The maximum absolute atomic E-state index is 12.5. The lowest BCUT2D eigenvalue weighted by molar-refractivity contribution is -0.132. The molecule has 1 aliphatic heterocycles. The molecule has 168 valence electrons. The summed E-state index contributed by atoms with van der Waals surface area (Å²) in [5, 5.41) is 10.1. The molecule has 1 fully saturated rings. The van der Waals surface area contributed by atoms with Crippen LogP contribution in [-0.2, 0) is 9.53 Å². The number of para-hydroxylation sites is 1. The van der Waals surface area contributed by atoms with Crippen LogP contribution in [0.1, 0.15) is 5.56 Å². The molecule has 1 aliphatic rings. The first-order valence-corrected chi connectivity index (χ1v) is 11.7. The molecule has 5 rings (SSSR count). The second-order valence-corrected chi connectivity index (χ2v) is 8.84. The molecule has 2 N–H and O–H groups in total. The zero-order chi connectivity index (χ0) is 22.8. The van der Waals surface area contributed by atoms with Gasteiger partial charge < -0.3 is 15.5 Å². The van der Waals surface area contributed by atoms with Crippen LogP contribution in [0, 0.1) is 6.92 Å². The number of hydrogen-bond acceptors (Lipinski definition) is 7. The van der Waals surface area contributed by atoms with Crippen molar-refractivity contribution in [1.29, 1.82) is 0 Å². The van der Waals surface area contributed by atoms with E-state index < -0.39 is 0 Å². The SMILES string of the molecule is Cc1ccc(-c2cc(-c3nnc(SCC(=O)N4CCOCC4)n3N)c3ccccc3n2)cc1. The Labute approximate surface area is 195 Å². The number of ether oxygens (including phenoxy) is 1. The molecule has 0 saturated carbocycles. The molecule has 3 heterocycles. The van der Waals surface area contributed by atoms with Crippen molar-refractivity contribution in [3.05, 3.63) is 60.2 Å². The summed E-state index contributed by atoms with van der Waals surface area (Å²) in [7, 11) is 0. The molecule has 2 aromatic carbocycles. The molecule has 1 amide bonds. The third-order valence-electron chi connectivity index (χ3n) is 5.66. The van der Waals surface area contributed by atoms with E-state index in [1.165, 1.54) is 22.0 Å². The summed E-state index contributed by atoms with van der Waals surface area (Å²) in [4.78, 5) is 19.2. The van der Waals surface area contributed by atoms with Gasteiger partial charge in [-0.3, -0.25) is 4.79 Å². The number of carbonyl (C=O) groups is 1. The fourth-order valence-corrected chi connectivity index (χ4v) is 4.58. The Hall–Kier alpha value is -3.43. The minimum absolute atomic E-state index is 0.0452. The molecule has 0 unspecified atom stereocenters. The third kappa shape index (κ3) is 4.42. The molecule has 2 aromatic heterocycles. The number of nitrogen functional groups attached to an aromatic ring is 1. The normalized spacial score (nSPS) is 14.0. The Kier molecular flexibility index (Phi) is 5.97. The van der Waals surface area contributed by atoms with Gasteiger partial charge in [-0.1, -0.05) is 59.8 Å². The van der Waals surface area contributed by atoms with Crippen LogP contribution in [0.15, 0.2) is 59.8 Å². The average molecular weight is 461 g/mol. The highest BCUT2D eigenvalue weighted by molar-refractivity contribution is 7.99. The third-order valence-corrected chi connectivity index (χ3v) is 6.59. The number of aryl methyl sites for hydroxylation is 1. The highest BCUT2D eigenvalue weighted by atomic mass is 32.2. The minimum Gasteiger partial charge on any atom is -0.378 e. The van der Waals surface area contributed by atoms with E-state index in [9.17, 15) is 4.79 Å². The van der Waals surface area contributed by atoms with Crippen molar-refractivity contribution in [3.63, 3.8) is 0 Å². The maximum atomic E-state index is 12.5. The predicted octanol–water partition coefficient (Wildman–Crippen LogP) is 3.13. The van der Waals surface area contributed by atoms with Crippen LogP contribution in [0.5, 0.6) is 0 Å². The van der Waals surface area contributed by atoms with Crippen molar-refractivity contribution in [3.8, 4) is 22.6 Å². The van der Waals surface area contributed by atoms with E-state index >= 15 is 0 Å². The van der Waals surface area contributed by atoms with Gasteiger partial charge in [0.1, 0.15) is 0 Å². The lowest BCUT2D eigenvalue weighted by atomic mass is 10.0. The summed E-state index contributed by atoms with van der Waals surface area (Å²) in [5.74, 6) is 7.23. The number of rotatable bonds is 5. The second-order valence-electron chi connectivity index (χ2n) is 7.90. The number of pyridine rings is 1. The van der Waals surface area contributed by atoms with Gasteiger partial charge in [-0.15, -0.1) is 10.2 Å². The van der Waals surface area contributed by atoms with Crippen LogP contribution in [-0.4, -0.2) is 62.7 Å². The number of nitrogens with two attached hydrogens (primary N) is 1. The Bertz CT molecular complexity index is 1300. The molecule has 33 heavy (non-hydrogen) atoms. The smallest absolute Gasteiger partial charge is 0.233 e. The number of fused-ring (bicyclic) bond motifs is 1. The van der Waals surface area contributed by atoms with Gasteiger partial charge in [-0.25, -0.2) is 9.66 Å². The Balaban J connectivity index is 1.47. The van der Waals surface area contributed by atoms with E-state index in [2.05, 4.69) is 41.4 Å². The Morgan fingerprint density at radius 3 is 2.64 bits per heavy atom. The number of nitrogens with zero attached hydrogens (tertiary/aromatic N) is 5. The van der Waals surface area contributed by atoms with Gasteiger partial charge in [0.25, 0.3) is 0 Å². The summed E-state index contributed by atoms with van der Waals surface area (Å²) in [6.07, 6.45) is 0. The van der Waals surface area contributed by atoms with Crippen molar-refractivity contribution in [2.24, 2.45) is 0 Å². The van der Waals surface area contributed by atoms with Crippen molar-refractivity contribution < 1.29 is 9.53 Å². The lowest BCUT2D eigenvalue weighted by Crippen LogP contribution is -2.41. The van der Waals surface area contributed by atoms with Crippen LogP contribution < -0.4 is 5.84 Å². The Morgan fingerprint density at radius 2 is 1.85 bits per heavy atom. The van der Waals surface area contributed by atoms with Crippen LogP contribution >= 0.6 is 11.8 Å². The molecule has 4 aromatic rings. The number of benzene rings is 2. The first-order valence-electron chi connectivity index (χ1n) is 10.8. The fraction of sp³-hybridized carbons (Fsp3) is 0.250. The molecule has 1 saturated heterocycles. The van der Waals surface area contributed by atoms with Crippen LogP contribution in [0.3, 0.4) is 0 Å². The Morgan fingerprint density at radius 1 is 1.09 bits per heavy atom. The topological polar surface area (TPSA) is 99.2 Å². The minimum atomic E-state index is 0.0452. The summed E-state index contributed by atoms with van der Waals surface area (Å²) >= 11 is 1.29. The number of morpholine rings is 1.